The molecule has 0 radical (unpaired) electrons. The molecule has 0 fully saturated rings. The topological polar surface area (TPSA) is 72.5 Å². The van der Waals surface area contributed by atoms with Crippen molar-refractivity contribution in [1.82, 2.24) is 0 Å². The number of ether oxygens (including phenoxy) is 1. The normalized spacial score (nSPS) is 11.4. The lowest BCUT2D eigenvalue weighted by atomic mass is 9.95. The van der Waals surface area contributed by atoms with Gasteiger partial charge in [0, 0.05) is 21.1 Å². The van der Waals surface area contributed by atoms with Crippen molar-refractivity contribution in [3.05, 3.63) is 90.4 Å². The number of anilines is 1. The van der Waals surface area contributed by atoms with Gasteiger partial charge in [-0.3, -0.25) is 4.72 Å². The predicted molar refractivity (Wildman–Crippen MR) is 143 cm³/mol. The van der Waals surface area contributed by atoms with Crippen molar-refractivity contribution in [1.29, 1.82) is 0 Å². The smallest absolute Gasteiger partial charge is 0.338 e. The van der Waals surface area contributed by atoms with Crippen LogP contribution < -0.4 is 4.72 Å². The fourth-order valence-corrected chi connectivity index (χ4v) is 6.34. The maximum atomic E-state index is 13.2. The van der Waals surface area contributed by atoms with Crippen LogP contribution in [0.15, 0.2) is 56.3 Å². The van der Waals surface area contributed by atoms with Crippen LogP contribution in [0.1, 0.15) is 43.7 Å². The maximum absolute atomic E-state index is 13.2. The van der Waals surface area contributed by atoms with Gasteiger partial charge < -0.3 is 4.74 Å². The molecule has 0 unspecified atom stereocenters. The van der Waals surface area contributed by atoms with Gasteiger partial charge in [0.2, 0.25) is 0 Å². The van der Waals surface area contributed by atoms with Crippen LogP contribution in [-0.2, 0) is 21.2 Å². The molecule has 180 valence electrons. The second kappa shape index (κ2) is 10.6. The number of carbonyl (C=O) groups is 1. The van der Waals surface area contributed by atoms with Crippen molar-refractivity contribution in [2.75, 3.05) is 11.3 Å². The number of nitrogens with one attached hydrogen (secondary N) is 1. The zero-order valence-corrected chi connectivity index (χ0v) is 23.7. The zero-order valence-electron chi connectivity index (χ0n) is 19.8. The van der Waals surface area contributed by atoms with Crippen molar-refractivity contribution in [2.24, 2.45) is 0 Å². The van der Waals surface area contributed by atoms with Crippen molar-refractivity contribution in [2.45, 2.75) is 45.9 Å². The molecule has 0 atom stereocenters. The van der Waals surface area contributed by atoms with E-state index < -0.39 is 16.0 Å². The van der Waals surface area contributed by atoms with Crippen molar-refractivity contribution in [3.63, 3.8) is 0 Å². The second-order valence-electron chi connectivity index (χ2n) is 8.26. The third-order valence-corrected chi connectivity index (χ3v) is 9.11. The first kappa shape index (κ1) is 26.4. The van der Waals surface area contributed by atoms with Crippen LogP contribution in [0.3, 0.4) is 0 Å². The van der Waals surface area contributed by atoms with Gasteiger partial charge in [-0.25, -0.2) is 13.2 Å². The summed E-state index contributed by atoms with van der Waals surface area (Å²) < 4.78 is 36.3. The van der Waals surface area contributed by atoms with Gasteiger partial charge in [0.25, 0.3) is 10.0 Å². The van der Waals surface area contributed by atoms with Gasteiger partial charge in [-0.1, -0.05) is 31.9 Å². The Morgan fingerprint density at radius 1 is 0.853 bits per heavy atom. The zero-order chi connectivity index (χ0) is 25.2. The molecule has 0 spiro atoms. The lowest BCUT2D eigenvalue weighted by Gasteiger charge is -2.19. The molecule has 5 nitrogen and oxygen atoms in total. The second-order valence-corrected chi connectivity index (χ2v) is 11.6. The summed E-state index contributed by atoms with van der Waals surface area (Å²) in [5.41, 5.74) is 6.28. The Hall–Kier alpha value is -2.16. The van der Waals surface area contributed by atoms with E-state index >= 15 is 0 Å². The van der Waals surface area contributed by atoms with E-state index in [9.17, 15) is 13.2 Å². The van der Waals surface area contributed by atoms with Crippen LogP contribution in [0.2, 0.25) is 0 Å². The van der Waals surface area contributed by atoms with Gasteiger partial charge in [0.15, 0.2) is 0 Å². The van der Waals surface area contributed by atoms with Crippen molar-refractivity contribution in [3.8, 4) is 0 Å². The molecule has 0 amide bonds. The highest BCUT2D eigenvalue weighted by atomic mass is 79.9. The van der Waals surface area contributed by atoms with Crippen LogP contribution in [0.25, 0.3) is 0 Å². The molecule has 3 aromatic carbocycles. The average molecular weight is 609 g/mol. The molecule has 0 aliphatic rings. The van der Waals surface area contributed by atoms with Crippen LogP contribution in [0.5, 0.6) is 0 Å². The molecule has 1 N–H and O–H groups in total. The number of rotatable bonds is 7. The molecule has 8 heteroatoms. The number of hydrogen-bond acceptors (Lipinski definition) is 4. The van der Waals surface area contributed by atoms with E-state index in [1.165, 1.54) is 0 Å². The molecule has 0 saturated heterocycles. The largest absolute Gasteiger partial charge is 0.462 e. The third kappa shape index (κ3) is 5.73. The number of carbonyl (C=O) groups excluding carboxylic acids is 1. The van der Waals surface area contributed by atoms with E-state index in [4.69, 9.17) is 4.74 Å². The average Bonchev–Trinajstić information content (AvgIpc) is 2.78. The first-order valence-electron chi connectivity index (χ1n) is 10.7. The Morgan fingerprint density at radius 3 is 2.00 bits per heavy atom. The van der Waals surface area contributed by atoms with E-state index in [0.29, 0.717) is 22.6 Å². The molecule has 0 aliphatic carbocycles. The van der Waals surface area contributed by atoms with E-state index in [0.717, 1.165) is 42.3 Å². The van der Waals surface area contributed by atoms with E-state index in [1.807, 2.05) is 52.8 Å². The summed E-state index contributed by atoms with van der Waals surface area (Å²) in [6.45, 7) is 9.76. The Labute approximate surface area is 218 Å². The van der Waals surface area contributed by atoms with E-state index in [2.05, 4.69) is 36.6 Å². The molecular formula is C26H27Br2NO4S. The predicted octanol–water partition coefficient (Wildman–Crippen LogP) is 6.95. The highest BCUT2D eigenvalue weighted by molar-refractivity contribution is 9.11. The summed E-state index contributed by atoms with van der Waals surface area (Å²) >= 11 is 6.93. The third-order valence-electron chi connectivity index (χ3n) is 6.19. The molecular weight excluding hydrogens is 582 g/mol. The summed E-state index contributed by atoms with van der Waals surface area (Å²) in [7, 11) is -3.80. The molecule has 0 aromatic heterocycles. The Kier molecular flexibility index (Phi) is 8.26. The van der Waals surface area contributed by atoms with Crippen LogP contribution in [0.4, 0.5) is 5.69 Å². The Morgan fingerprint density at radius 2 is 1.41 bits per heavy atom. The number of hydrogen-bond donors (Lipinski definition) is 1. The minimum absolute atomic E-state index is 0.229. The van der Waals surface area contributed by atoms with Gasteiger partial charge in [0.1, 0.15) is 0 Å². The first-order chi connectivity index (χ1) is 15.9. The number of esters is 1. The quantitative estimate of drug-likeness (QED) is 0.295. The Bertz CT molecular complexity index is 1320. The van der Waals surface area contributed by atoms with Crippen LogP contribution >= 0.6 is 31.9 Å². The SMILES string of the molecule is Cc1c(C)c(C)c(S(=O)(=O)Nc2ccc(C(=O)OCCc3cc(Br)ccc3Br)cc2)c(C)c1C. The molecule has 34 heavy (non-hydrogen) atoms. The number of halogens is 2. The summed E-state index contributed by atoms with van der Waals surface area (Å²) in [5.74, 6) is -0.461. The fraction of sp³-hybridized carbons (Fsp3) is 0.269. The highest BCUT2D eigenvalue weighted by Gasteiger charge is 2.24. The molecule has 3 rings (SSSR count). The number of sulfonamides is 1. The van der Waals surface area contributed by atoms with Gasteiger partial charge in [0.05, 0.1) is 17.1 Å². The van der Waals surface area contributed by atoms with Crippen LogP contribution in [0, 0.1) is 34.6 Å². The lowest BCUT2D eigenvalue weighted by Crippen LogP contribution is -2.18. The maximum Gasteiger partial charge on any atom is 0.338 e. The van der Waals surface area contributed by atoms with Crippen molar-refractivity contribution >= 4 is 53.5 Å². The van der Waals surface area contributed by atoms with Gasteiger partial charge in [-0.05, 0) is 110 Å². The summed E-state index contributed by atoms with van der Waals surface area (Å²) in [4.78, 5) is 12.7. The molecule has 3 aromatic rings. The van der Waals surface area contributed by atoms with Gasteiger partial charge in [-0.15, -0.1) is 0 Å². The van der Waals surface area contributed by atoms with Gasteiger partial charge >= 0.3 is 5.97 Å². The minimum atomic E-state index is -3.80. The van der Waals surface area contributed by atoms with Crippen molar-refractivity contribution < 1.29 is 17.9 Å². The molecule has 0 aliphatic heterocycles. The Balaban J connectivity index is 1.70. The lowest BCUT2D eigenvalue weighted by molar-refractivity contribution is 0.0509. The van der Waals surface area contributed by atoms with E-state index in [1.54, 1.807) is 24.3 Å². The molecule has 0 saturated carbocycles. The van der Waals surface area contributed by atoms with Gasteiger partial charge in [-0.2, -0.15) is 0 Å². The summed E-state index contributed by atoms with van der Waals surface area (Å²) in [6, 6.07) is 12.1. The highest BCUT2D eigenvalue weighted by Crippen LogP contribution is 2.31. The number of benzene rings is 3. The standard InChI is InChI=1S/C26H27Br2NO4S/c1-15-16(2)18(4)25(19(5)17(15)3)34(31,32)29-23-9-6-20(7-10-23)26(30)33-13-12-21-14-22(27)8-11-24(21)28/h6-11,14,29H,12-13H2,1-5H3. The molecule has 0 heterocycles. The van der Waals surface area contributed by atoms with E-state index in [-0.39, 0.29) is 6.61 Å². The summed E-state index contributed by atoms with van der Waals surface area (Å²) in [5, 5.41) is 0. The molecule has 0 bridgehead atoms. The first-order valence-corrected chi connectivity index (χ1v) is 13.8. The fourth-order valence-electron chi connectivity index (χ4n) is 3.82. The summed E-state index contributed by atoms with van der Waals surface area (Å²) in [6.07, 6.45) is 0.567. The van der Waals surface area contributed by atoms with Crippen LogP contribution in [-0.4, -0.2) is 21.0 Å². The monoisotopic (exact) mass is 607 g/mol. The minimum Gasteiger partial charge on any atom is -0.462 e.